The summed E-state index contributed by atoms with van der Waals surface area (Å²) in [5, 5.41) is 3.06. The zero-order valence-corrected chi connectivity index (χ0v) is 18.1. The number of nitrogens with zero attached hydrogens (tertiary/aromatic N) is 1. The maximum absolute atomic E-state index is 12.2. The third-order valence-electron chi connectivity index (χ3n) is 6.76. The smallest absolute Gasteiger partial charge is 0.224 e. The summed E-state index contributed by atoms with van der Waals surface area (Å²) in [4.78, 5) is 14.8. The van der Waals surface area contributed by atoms with E-state index in [-0.39, 0.29) is 12.0 Å². The number of ether oxygens (including phenoxy) is 1. The minimum Gasteiger partial charge on any atom is -0.376 e. The number of rotatable bonds is 6. The molecule has 0 bridgehead atoms. The van der Waals surface area contributed by atoms with Crippen molar-refractivity contribution in [1.82, 2.24) is 10.2 Å². The Bertz CT molecular complexity index is 818. The Morgan fingerprint density at radius 1 is 1.07 bits per heavy atom. The number of hydrogen-bond acceptors (Lipinski definition) is 3. The summed E-state index contributed by atoms with van der Waals surface area (Å²) in [6.07, 6.45) is 5.28. The van der Waals surface area contributed by atoms with Crippen molar-refractivity contribution in [2.75, 3.05) is 26.2 Å². The number of amides is 1. The molecule has 2 aliphatic rings. The maximum atomic E-state index is 12.2. The summed E-state index contributed by atoms with van der Waals surface area (Å²) in [6.45, 7) is 6.97. The van der Waals surface area contributed by atoms with Crippen molar-refractivity contribution in [2.45, 2.75) is 51.7 Å². The van der Waals surface area contributed by atoms with E-state index in [0.29, 0.717) is 18.4 Å². The van der Waals surface area contributed by atoms with E-state index in [2.05, 4.69) is 41.4 Å². The fraction of sp³-hybridized carbons (Fsp3) is 0.500. The van der Waals surface area contributed by atoms with Gasteiger partial charge in [0.05, 0.1) is 19.1 Å². The predicted octanol–water partition coefficient (Wildman–Crippen LogP) is 4.12. The van der Waals surface area contributed by atoms with E-state index in [0.717, 1.165) is 38.2 Å². The molecular weight excluding hydrogens is 372 g/mol. The molecule has 2 aliphatic heterocycles. The van der Waals surface area contributed by atoms with E-state index in [4.69, 9.17) is 4.74 Å². The molecule has 2 fully saturated rings. The molecule has 1 N–H and O–H groups in total. The van der Waals surface area contributed by atoms with Crippen molar-refractivity contribution in [2.24, 2.45) is 5.41 Å². The molecule has 4 nitrogen and oxygen atoms in total. The summed E-state index contributed by atoms with van der Waals surface area (Å²) in [6, 6.07) is 18.7. The monoisotopic (exact) mass is 406 g/mol. The van der Waals surface area contributed by atoms with Gasteiger partial charge in [0.1, 0.15) is 0 Å². The zero-order valence-electron chi connectivity index (χ0n) is 18.1. The number of benzene rings is 2. The van der Waals surface area contributed by atoms with Gasteiger partial charge < -0.3 is 10.1 Å². The molecule has 30 heavy (non-hydrogen) atoms. The summed E-state index contributed by atoms with van der Waals surface area (Å²) in [5.74, 6) is 0.0783. The highest BCUT2D eigenvalue weighted by molar-refractivity contribution is 5.78. The Morgan fingerprint density at radius 2 is 1.83 bits per heavy atom. The summed E-state index contributed by atoms with van der Waals surface area (Å²) < 4.78 is 6.21. The quantitative estimate of drug-likeness (QED) is 0.785. The molecule has 1 atom stereocenters. The summed E-state index contributed by atoms with van der Waals surface area (Å²) in [7, 11) is 0. The van der Waals surface area contributed by atoms with Crippen LogP contribution in [-0.2, 0) is 22.5 Å². The van der Waals surface area contributed by atoms with E-state index in [1.807, 2.05) is 30.3 Å². The van der Waals surface area contributed by atoms with Gasteiger partial charge in [0.15, 0.2) is 0 Å². The molecule has 2 aromatic carbocycles. The molecule has 1 spiro atoms. The van der Waals surface area contributed by atoms with Crippen molar-refractivity contribution in [3.63, 3.8) is 0 Å². The van der Waals surface area contributed by atoms with Crippen molar-refractivity contribution >= 4 is 5.91 Å². The maximum Gasteiger partial charge on any atom is 0.224 e. The number of aryl methyl sites for hydroxylation is 1. The van der Waals surface area contributed by atoms with E-state index in [1.54, 1.807) is 0 Å². The third-order valence-corrected chi connectivity index (χ3v) is 6.76. The minimum atomic E-state index is 0.0783. The molecule has 4 rings (SSSR count). The van der Waals surface area contributed by atoms with Gasteiger partial charge in [-0.15, -0.1) is 0 Å². The predicted molar refractivity (Wildman–Crippen MR) is 120 cm³/mol. The van der Waals surface area contributed by atoms with Gasteiger partial charge in [-0.1, -0.05) is 60.2 Å². The molecule has 2 saturated heterocycles. The van der Waals surface area contributed by atoms with Gasteiger partial charge in [0, 0.05) is 13.1 Å². The molecule has 1 unspecified atom stereocenters. The van der Waals surface area contributed by atoms with Crippen LogP contribution in [0.4, 0.5) is 0 Å². The highest BCUT2D eigenvalue weighted by Gasteiger charge is 2.38. The standard InChI is InChI=1S/C26H34N2O2/c1-21-6-5-9-23(16-21)19-28-14-12-26(13-15-28)11-10-24(30-20-26)18-27-25(29)17-22-7-3-2-4-8-22/h2-9,16,24H,10-15,17-20H2,1H3,(H,27,29). The molecule has 0 aromatic heterocycles. The number of piperidine rings is 1. The van der Waals surface area contributed by atoms with Gasteiger partial charge in [0.25, 0.3) is 0 Å². The van der Waals surface area contributed by atoms with Gasteiger partial charge in [-0.05, 0) is 62.2 Å². The molecule has 1 amide bonds. The molecule has 0 aliphatic carbocycles. The minimum absolute atomic E-state index is 0.0783. The fourth-order valence-corrected chi connectivity index (χ4v) is 4.80. The molecule has 4 heteroatoms. The number of carbonyl (C=O) groups excluding carboxylic acids is 1. The van der Waals surface area contributed by atoms with Gasteiger partial charge in [-0.25, -0.2) is 0 Å². The summed E-state index contributed by atoms with van der Waals surface area (Å²) >= 11 is 0. The van der Waals surface area contributed by atoms with Gasteiger partial charge >= 0.3 is 0 Å². The first-order chi connectivity index (χ1) is 14.6. The van der Waals surface area contributed by atoms with Crippen LogP contribution in [0.2, 0.25) is 0 Å². The van der Waals surface area contributed by atoms with Crippen LogP contribution in [0, 0.1) is 12.3 Å². The lowest BCUT2D eigenvalue weighted by atomic mass is 9.73. The largest absolute Gasteiger partial charge is 0.376 e. The molecule has 0 saturated carbocycles. The lowest BCUT2D eigenvalue weighted by molar-refractivity contribution is -0.122. The average Bonchev–Trinajstić information content (AvgIpc) is 2.76. The second-order valence-corrected chi connectivity index (χ2v) is 9.20. The van der Waals surface area contributed by atoms with Crippen LogP contribution in [0.3, 0.4) is 0 Å². The third kappa shape index (κ3) is 5.71. The van der Waals surface area contributed by atoms with Gasteiger partial charge in [-0.2, -0.15) is 0 Å². The van der Waals surface area contributed by atoms with Crippen molar-refractivity contribution in [3.8, 4) is 0 Å². The second-order valence-electron chi connectivity index (χ2n) is 9.20. The zero-order chi connectivity index (χ0) is 20.8. The highest BCUT2D eigenvalue weighted by Crippen LogP contribution is 2.40. The van der Waals surface area contributed by atoms with Crippen LogP contribution in [0.1, 0.15) is 42.4 Å². The number of likely N-dealkylation sites (tertiary alicyclic amines) is 1. The Balaban J connectivity index is 1.17. The molecular formula is C26H34N2O2. The normalized spacial score (nSPS) is 21.4. The molecule has 2 heterocycles. The lowest BCUT2D eigenvalue weighted by Crippen LogP contribution is -2.47. The number of nitrogens with one attached hydrogen (secondary N) is 1. The number of hydrogen-bond donors (Lipinski definition) is 1. The molecule has 160 valence electrons. The second kappa shape index (κ2) is 9.76. The Kier molecular flexibility index (Phi) is 6.86. The summed E-state index contributed by atoms with van der Waals surface area (Å²) in [5.41, 5.74) is 4.14. The van der Waals surface area contributed by atoms with Crippen molar-refractivity contribution < 1.29 is 9.53 Å². The first kappa shape index (κ1) is 21.1. The topological polar surface area (TPSA) is 41.6 Å². The van der Waals surface area contributed by atoms with E-state index in [9.17, 15) is 4.79 Å². The Labute approximate surface area is 180 Å². The van der Waals surface area contributed by atoms with Crippen molar-refractivity contribution in [3.05, 3.63) is 71.3 Å². The Morgan fingerprint density at radius 3 is 2.53 bits per heavy atom. The molecule has 0 radical (unpaired) electrons. The fourth-order valence-electron chi connectivity index (χ4n) is 4.80. The first-order valence-corrected chi connectivity index (χ1v) is 11.3. The van der Waals surface area contributed by atoms with Gasteiger partial charge in [-0.3, -0.25) is 9.69 Å². The van der Waals surface area contributed by atoms with Crippen LogP contribution in [0.15, 0.2) is 54.6 Å². The van der Waals surface area contributed by atoms with E-state index < -0.39 is 0 Å². The number of carbonyl (C=O) groups is 1. The van der Waals surface area contributed by atoms with Crippen LogP contribution in [0.5, 0.6) is 0 Å². The average molecular weight is 407 g/mol. The van der Waals surface area contributed by atoms with Gasteiger partial charge in [0.2, 0.25) is 5.91 Å². The molecule has 2 aromatic rings. The van der Waals surface area contributed by atoms with Crippen LogP contribution in [0.25, 0.3) is 0 Å². The van der Waals surface area contributed by atoms with Crippen LogP contribution in [-0.4, -0.2) is 43.2 Å². The van der Waals surface area contributed by atoms with Crippen molar-refractivity contribution in [1.29, 1.82) is 0 Å². The Hall–Kier alpha value is -2.17. The van der Waals surface area contributed by atoms with Crippen LogP contribution >= 0.6 is 0 Å². The van der Waals surface area contributed by atoms with Crippen LogP contribution < -0.4 is 5.32 Å². The van der Waals surface area contributed by atoms with E-state index in [1.165, 1.54) is 30.4 Å². The van der Waals surface area contributed by atoms with E-state index >= 15 is 0 Å². The highest BCUT2D eigenvalue weighted by atomic mass is 16.5. The first-order valence-electron chi connectivity index (χ1n) is 11.3. The SMILES string of the molecule is Cc1cccc(CN2CCC3(CCC(CNC(=O)Cc4ccccc4)OC3)CC2)c1. The lowest BCUT2D eigenvalue weighted by Gasteiger charge is -2.45.